The van der Waals surface area contributed by atoms with E-state index in [0.717, 1.165) is 11.6 Å². The summed E-state index contributed by atoms with van der Waals surface area (Å²) >= 11 is 5.74. The number of rotatable bonds is 4. The maximum Gasteiger partial charge on any atom is 0.0636 e. The van der Waals surface area contributed by atoms with Crippen molar-refractivity contribution in [1.82, 2.24) is 5.32 Å². The lowest BCUT2D eigenvalue weighted by Gasteiger charge is -2.06. The summed E-state index contributed by atoms with van der Waals surface area (Å²) in [5.41, 5.74) is 1.17. The summed E-state index contributed by atoms with van der Waals surface area (Å²) in [6.07, 6.45) is -0.299. The van der Waals surface area contributed by atoms with Gasteiger partial charge in [0, 0.05) is 18.1 Å². The average Bonchev–Trinajstić information content (AvgIpc) is 2.08. The molecule has 0 aliphatic heterocycles. The van der Waals surface area contributed by atoms with Gasteiger partial charge in [-0.2, -0.15) is 0 Å². The molecular weight excluding hydrogens is 221 g/mol. The Hall–Kier alpha value is -0.280. The topological polar surface area (TPSA) is 32.3 Å². The number of aliphatic hydroxyl groups excluding tert-OH is 1. The van der Waals surface area contributed by atoms with Crippen LogP contribution in [0.4, 0.5) is 0 Å². The maximum absolute atomic E-state index is 8.99. The number of halogens is 2. The number of aliphatic hydroxyl groups is 1. The summed E-state index contributed by atoms with van der Waals surface area (Å²) in [5.74, 6) is 0. The zero-order valence-corrected chi connectivity index (χ0v) is 9.61. The highest BCUT2D eigenvalue weighted by Gasteiger charge is 1.95. The Kier molecular flexibility index (Phi) is 6.93. The monoisotopic (exact) mass is 235 g/mol. The largest absolute Gasteiger partial charge is 0.392 e. The van der Waals surface area contributed by atoms with Gasteiger partial charge in [-0.25, -0.2) is 0 Å². The van der Waals surface area contributed by atoms with E-state index < -0.39 is 0 Å². The molecule has 1 unspecified atom stereocenters. The van der Waals surface area contributed by atoms with Crippen molar-refractivity contribution in [3.05, 3.63) is 34.9 Å². The van der Waals surface area contributed by atoms with Crippen molar-refractivity contribution in [2.75, 3.05) is 6.54 Å². The Morgan fingerprint density at radius 3 is 2.43 bits per heavy atom. The summed E-state index contributed by atoms with van der Waals surface area (Å²) in [7, 11) is 0. The molecular formula is C10H15Cl2NO. The highest BCUT2D eigenvalue weighted by Crippen LogP contribution is 2.08. The summed E-state index contributed by atoms with van der Waals surface area (Å²) in [6.45, 7) is 3.14. The molecule has 14 heavy (non-hydrogen) atoms. The number of nitrogens with one attached hydrogen (secondary N) is 1. The van der Waals surface area contributed by atoms with Gasteiger partial charge >= 0.3 is 0 Å². The first-order chi connectivity index (χ1) is 6.18. The van der Waals surface area contributed by atoms with Crippen LogP contribution >= 0.6 is 24.0 Å². The zero-order valence-electron chi connectivity index (χ0n) is 8.03. The van der Waals surface area contributed by atoms with Crippen LogP contribution in [0.2, 0.25) is 5.02 Å². The molecule has 2 nitrogen and oxygen atoms in total. The molecule has 0 fully saturated rings. The Morgan fingerprint density at radius 1 is 1.36 bits per heavy atom. The van der Waals surface area contributed by atoms with Gasteiger partial charge in [0.25, 0.3) is 0 Å². The summed E-state index contributed by atoms with van der Waals surface area (Å²) in [6, 6.07) is 7.66. The third-order valence-corrected chi connectivity index (χ3v) is 1.93. The summed E-state index contributed by atoms with van der Waals surface area (Å²) in [4.78, 5) is 0. The van der Waals surface area contributed by atoms with Crippen LogP contribution in [0.25, 0.3) is 0 Å². The van der Waals surface area contributed by atoms with Crippen molar-refractivity contribution in [1.29, 1.82) is 0 Å². The van der Waals surface area contributed by atoms with Crippen LogP contribution in [0.15, 0.2) is 24.3 Å². The van der Waals surface area contributed by atoms with Gasteiger partial charge in [-0.15, -0.1) is 12.4 Å². The van der Waals surface area contributed by atoms with Crippen molar-refractivity contribution >= 4 is 24.0 Å². The molecule has 2 N–H and O–H groups in total. The fourth-order valence-corrected chi connectivity index (χ4v) is 1.15. The van der Waals surface area contributed by atoms with Crippen LogP contribution < -0.4 is 5.32 Å². The van der Waals surface area contributed by atoms with E-state index in [1.807, 2.05) is 24.3 Å². The number of hydrogen-bond donors (Lipinski definition) is 2. The molecule has 0 amide bonds. The minimum absolute atomic E-state index is 0. The minimum Gasteiger partial charge on any atom is -0.392 e. The quantitative estimate of drug-likeness (QED) is 0.840. The standard InChI is InChI=1S/C10H14ClNO.ClH/c1-8(13)6-12-7-9-2-4-10(11)5-3-9;/h2-5,8,12-13H,6-7H2,1H3;1H. The Bertz CT molecular complexity index is 249. The van der Waals surface area contributed by atoms with Gasteiger partial charge in [-0.05, 0) is 24.6 Å². The smallest absolute Gasteiger partial charge is 0.0636 e. The van der Waals surface area contributed by atoms with Crippen molar-refractivity contribution in [2.45, 2.75) is 19.6 Å². The lowest BCUT2D eigenvalue weighted by atomic mass is 10.2. The molecule has 0 aliphatic rings. The van der Waals surface area contributed by atoms with E-state index in [1.54, 1.807) is 6.92 Å². The second kappa shape index (κ2) is 7.07. The molecule has 0 saturated heterocycles. The van der Waals surface area contributed by atoms with Gasteiger partial charge < -0.3 is 10.4 Å². The predicted octanol–water partition coefficient (Wildman–Crippen LogP) is 2.23. The average molecular weight is 236 g/mol. The molecule has 80 valence electrons. The Labute approximate surface area is 95.7 Å². The molecule has 1 atom stereocenters. The fraction of sp³-hybridized carbons (Fsp3) is 0.400. The lowest BCUT2D eigenvalue weighted by molar-refractivity contribution is 0.191. The first-order valence-electron chi connectivity index (χ1n) is 4.31. The Morgan fingerprint density at radius 2 is 1.93 bits per heavy atom. The molecule has 0 bridgehead atoms. The molecule has 0 radical (unpaired) electrons. The highest BCUT2D eigenvalue weighted by atomic mass is 35.5. The molecule has 0 aliphatic carbocycles. The van der Waals surface area contributed by atoms with E-state index in [4.69, 9.17) is 16.7 Å². The molecule has 0 heterocycles. The van der Waals surface area contributed by atoms with E-state index in [2.05, 4.69) is 5.32 Å². The third kappa shape index (κ3) is 5.45. The predicted molar refractivity (Wildman–Crippen MR) is 62.1 cm³/mol. The van der Waals surface area contributed by atoms with Gasteiger partial charge in [-0.3, -0.25) is 0 Å². The van der Waals surface area contributed by atoms with Gasteiger partial charge in [0.1, 0.15) is 0 Å². The first-order valence-corrected chi connectivity index (χ1v) is 4.69. The van der Waals surface area contributed by atoms with Crippen molar-refractivity contribution in [3.8, 4) is 0 Å². The van der Waals surface area contributed by atoms with Crippen LogP contribution in [0.5, 0.6) is 0 Å². The molecule has 0 spiro atoms. The van der Waals surface area contributed by atoms with Crippen molar-refractivity contribution in [2.24, 2.45) is 0 Å². The second-order valence-corrected chi connectivity index (χ2v) is 3.54. The van der Waals surface area contributed by atoms with Crippen LogP contribution in [0, 0.1) is 0 Å². The van der Waals surface area contributed by atoms with Gasteiger partial charge in [0.05, 0.1) is 6.10 Å². The third-order valence-electron chi connectivity index (χ3n) is 1.68. The molecule has 1 rings (SSSR count). The Balaban J connectivity index is 0.00000169. The van der Waals surface area contributed by atoms with Crippen LogP contribution in [0.3, 0.4) is 0 Å². The van der Waals surface area contributed by atoms with Crippen molar-refractivity contribution < 1.29 is 5.11 Å². The van der Waals surface area contributed by atoms with Gasteiger partial charge in [0.15, 0.2) is 0 Å². The minimum atomic E-state index is -0.299. The zero-order chi connectivity index (χ0) is 9.68. The van der Waals surface area contributed by atoms with E-state index in [0.29, 0.717) is 6.54 Å². The normalized spacial score (nSPS) is 11.9. The molecule has 0 saturated carbocycles. The lowest BCUT2D eigenvalue weighted by Crippen LogP contribution is -2.23. The van der Waals surface area contributed by atoms with E-state index in [9.17, 15) is 0 Å². The molecule has 1 aromatic carbocycles. The van der Waals surface area contributed by atoms with Crippen molar-refractivity contribution in [3.63, 3.8) is 0 Å². The fourth-order valence-electron chi connectivity index (χ4n) is 1.03. The van der Waals surface area contributed by atoms with Crippen LogP contribution in [-0.4, -0.2) is 17.8 Å². The molecule has 1 aromatic rings. The van der Waals surface area contributed by atoms with Gasteiger partial charge in [-0.1, -0.05) is 23.7 Å². The number of hydrogen-bond acceptors (Lipinski definition) is 2. The first kappa shape index (κ1) is 13.7. The SMILES string of the molecule is CC(O)CNCc1ccc(Cl)cc1.Cl. The highest BCUT2D eigenvalue weighted by molar-refractivity contribution is 6.30. The number of benzene rings is 1. The second-order valence-electron chi connectivity index (χ2n) is 3.11. The summed E-state index contributed by atoms with van der Waals surface area (Å²) < 4.78 is 0. The maximum atomic E-state index is 8.99. The molecule has 0 aromatic heterocycles. The molecule has 4 heteroatoms. The van der Waals surface area contributed by atoms with Gasteiger partial charge in [0.2, 0.25) is 0 Å². The van der Waals surface area contributed by atoms with E-state index in [1.165, 1.54) is 5.56 Å². The van der Waals surface area contributed by atoms with Crippen LogP contribution in [0.1, 0.15) is 12.5 Å². The summed E-state index contributed by atoms with van der Waals surface area (Å²) in [5, 5.41) is 12.9. The van der Waals surface area contributed by atoms with E-state index in [-0.39, 0.29) is 18.5 Å². The van der Waals surface area contributed by atoms with E-state index >= 15 is 0 Å². The van der Waals surface area contributed by atoms with Crippen LogP contribution in [-0.2, 0) is 6.54 Å².